The molecule has 176 valence electrons. The molecule has 0 saturated carbocycles. The van der Waals surface area contributed by atoms with Gasteiger partial charge in [-0.15, -0.1) is 0 Å². The van der Waals surface area contributed by atoms with Gasteiger partial charge in [0.1, 0.15) is 23.5 Å². The van der Waals surface area contributed by atoms with Gasteiger partial charge in [-0.25, -0.2) is 18.4 Å². The summed E-state index contributed by atoms with van der Waals surface area (Å²) in [4.78, 5) is 26.1. The summed E-state index contributed by atoms with van der Waals surface area (Å²) in [6.07, 6.45) is -2.26. The predicted molar refractivity (Wildman–Crippen MR) is 111 cm³/mol. The summed E-state index contributed by atoms with van der Waals surface area (Å²) in [7, 11) is 0. The molecule has 0 aromatic carbocycles. The van der Waals surface area contributed by atoms with Crippen LogP contribution in [0.2, 0.25) is 0 Å². The number of nitrogens with two attached hydrogens (primary N) is 2. The number of nitrogens with zero attached hydrogens (tertiary/aromatic N) is 2. The zero-order chi connectivity index (χ0) is 23.3. The highest BCUT2D eigenvalue weighted by atomic mass is 19.1. The molecule has 2 aliphatic rings. The van der Waals surface area contributed by atoms with Crippen LogP contribution >= 0.6 is 0 Å². The Bertz CT molecular complexity index is 530. The van der Waals surface area contributed by atoms with Crippen molar-refractivity contribution < 1.29 is 27.8 Å². The molecule has 2 fully saturated rings. The van der Waals surface area contributed by atoms with Crippen molar-refractivity contribution in [2.75, 3.05) is 26.2 Å². The predicted octanol–water partition coefficient (Wildman–Crippen LogP) is 2.59. The Labute approximate surface area is 178 Å². The van der Waals surface area contributed by atoms with Crippen molar-refractivity contribution in [2.45, 2.75) is 90.0 Å². The first kappa shape index (κ1) is 26.4. The summed E-state index contributed by atoms with van der Waals surface area (Å²) < 4.78 is 36.4. The van der Waals surface area contributed by atoms with Crippen LogP contribution in [0.4, 0.5) is 18.4 Å². The maximum absolute atomic E-state index is 13.0. The Morgan fingerprint density at radius 3 is 1.30 bits per heavy atom. The molecular formula is C20H38F2N4O4. The van der Waals surface area contributed by atoms with Gasteiger partial charge in [0, 0.05) is 26.2 Å². The van der Waals surface area contributed by atoms with Gasteiger partial charge in [0.2, 0.25) is 0 Å². The Morgan fingerprint density at radius 1 is 0.767 bits per heavy atom. The molecule has 4 N–H and O–H groups in total. The van der Waals surface area contributed by atoms with E-state index in [9.17, 15) is 18.4 Å². The molecule has 10 heteroatoms. The molecule has 0 aromatic heterocycles. The number of hydrogen-bond acceptors (Lipinski definition) is 6. The summed E-state index contributed by atoms with van der Waals surface area (Å²) in [6.45, 7) is 12.0. The number of hydrogen-bond donors (Lipinski definition) is 2. The van der Waals surface area contributed by atoms with Gasteiger partial charge in [0.15, 0.2) is 0 Å². The molecule has 2 rings (SSSR count). The van der Waals surface area contributed by atoms with E-state index in [0.29, 0.717) is 25.9 Å². The van der Waals surface area contributed by atoms with E-state index in [4.69, 9.17) is 20.9 Å². The van der Waals surface area contributed by atoms with E-state index in [1.165, 1.54) is 9.80 Å². The SMILES string of the molecule is CC(C)(C)OC(=O)N1CC[C@@H](F)[C@@H](N)C1.CC(C)(C)OC(=O)N1CC[C@H](F)[C@H](N)C1. The first-order valence-corrected chi connectivity index (χ1v) is 10.3. The maximum Gasteiger partial charge on any atom is 0.410 e. The third kappa shape index (κ3) is 9.42. The third-order valence-corrected chi connectivity index (χ3v) is 4.44. The van der Waals surface area contributed by atoms with E-state index >= 15 is 0 Å². The van der Waals surface area contributed by atoms with Crippen LogP contribution in [0.15, 0.2) is 0 Å². The van der Waals surface area contributed by atoms with E-state index in [1.807, 2.05) is 0 Å². The minimum absolute atomic E-state index is 0.232. The second-order valence-corrected chi connectivity index (χ2v) is 9.79. The lowest BCUT2D eigenvalue weighted by Crippen LogP contribution is -2.52. The monoisotopic (exact) mass is 436 g/mol. The number of ether oxygens (including phenoxy) is 2. The lowest BCUT2D eigenvalue weighted by Gasteiger charge is -2.34. The van der Waals surface area contributed by atoms with Crippen molar-refractivity contribution in [1.29, 1.82) is 0 Å². The average Bonchev–Trinajstić information content (AvgIpc) is 2.57. The summed E-state index contributed by atoms with van der Waals surface area (Å²) in [5.41, 5.74) is 10.1. The van der Waals surface area contributed by atoms with Gasteiger partial charge in [0.05, 0.1) is 12.1 Å². The molecule has 0 bridgehead atoms. The van der Waals surface area contributed by atoms with Gasteiger partial charge in [0.25, 0.3) is 0 Å². The van der Waals surface area contributed by atoms with E-state index in [0.717, 1.165) is 0 Å². The zero-order valence-corrected chi connectivity index (χ0v) is 19.0. The minimum Gasteiger partial charge on any atom is -0.444 e. The lowest BCUT2D eigenvalue weighted by molar-refractivity contribution is 0.0128. The summed E-state index contributed by atoms with van der Waals surface area (Å²) in [5.74, 6) is 0. The lowest BCUT2D eigenvalue weighted by atomic mass is 10.1. The zero-order valence-electron chi connectivity index (χ0n) is 19.0. The Kier molecular flexibility index (Phi) is 9.28. The van der Waals surface area contributed by atoms with Crippen molar-refractivity contribution >= 4 is 12.2 Å². The van der Waals surface area contributed by atoms with Crippen molar-refractivity contribution in [2.24, 2.45) is 11.5 Å². The smallest absolute Gasteiger partial charge is 0.410 e. The molecule has 0 spiro atoms. The van der Waals surface area contributed by atoms with Gasteiger partial charge in [-0.05, 0) is 54.4 Å². The molecule has 4 atom stereocenters. The molecule has 0 radical (unpaired) electrons. The quantitative estimate of drug-likeness (QED) is 0.604. The van der Waals surface area contributed by atoms with Gasteiger partial charge >= 0.3 is 12.2 Å². The number of carbonyl (C=O) groups excluding carboxylic acids is 2. The molecule has 30 heavy (non-hydrogen) atoms. The van der Waals surface area contributed by atoms with E-state index in [2.05, 4.69) is 0 Å². The maximum atomic E-state index is 13.0. The number of halogens is 2. The number of carbonyl (C=O) groups is 2. The highest BCUT2D eigenvalue weighted by molar-refractivity contribution is 5.68. The Hall–Kier alpha value is -1.68. The number of rotatable bonds is 0. The molecular weight excluding hydrogens is 398 g/mol. The van der Waals surface area contributed by atoms with E-state index in [1.54, 1.807) is 41.5 Å². The number of amides is 2. The second kappa shape index (κ2) is 10.6. The van der Waals surface area contributed by atoms with Crippen molar-refractivity contribution in [3.05, 3.63) is 0 Å². The first-order valence-electron chi connectivity index (χ1n) is 10.3. The Morgan fingerprint density at radius 2 is 1.07 bits per heavy atom. The fraction of sp³-hybridized carbons (Fsp3) is 0.900. The van der Waals surface area contributed by atoms with Crippen LogP contribution < -0.4 is 11.5 Å². The van der Waals surface area contributed by atoms with E-state index in [-0.39, 0.29) is 13.1 Å². The average molecular weight is 437 g/mol. The molecule has 2 heterocycles. The highest BCUT2D eigenvalue weighted by Gasteiger charge is 2.32. The largest absolute Gasteiger partial charge is 0.444 e. The molecule has 0 aliphatic carbocycles. The van der Waals surface area contributed by atoms with Gasteiger partial charge < -0.3 is 30.7 Å². The molecule has 8 nitrogen and oxygen atoms in total. The minimum atomic E-state index is -1.01. The van der Waals surface area contributed by atoms with Gasteiger partial charge in [-0.1, -0.05) is 0 Å². The normalized spacial score (nSPS) is 27.7. The van der Waals surface area contributed by atoms with Crippen LogP contribution in [0, 0.1) is 0 Å². The van der Waals surface area contributed by atoms with Crippen molar-refractivity contribution in [1.82, 2.24) is 9.80 Å². The summed E-state index contributed by atoms with van der Waals surface area (Å²) >= 11 is 0. The number of alkyl halides is 2. The highest BCUT2D eigenvalue weighted by Crippen LogP contribution is 2.17. The first-order chi connectivity index (χ1) is 13.6. The fourth-order valence-electron chi connectivity index (χ4n) is 2.89. The fourth-order valence-corrected chi connectivity index (χ4v) is 2.89. The molecule has 0 unspecified atom stereocenters. The van der Waals surface area contributed by atoms with Gasteiger partial charge in [-0.2, -0.15) is 0 Å². The van der Waals surface area contributed by atoms with Crippen LogP contribution in [-0.4, -0.2) is 83.8 Å². The topological polar surface area (TPSA) is 111 Å². The van der Waals surface area contributed by atoms with Crippen LogP contribution in [0.5, 0.6) is 0 Å². The molecule has 0 aromatic rings. The van der Waals surface area contributed by atoms with Crippen LogP contribution in [0.25, 0.3) is 0 Å². The molecule has 2 saturated heterocycles. The molecule has 2 aliphatic heterocycles. The third-order valence-electron chi connectivity index (χ3n) is 4.44. The standard InChI is InChI=1S/2C10H19FN2O2/c2*1-10(2,3)15-9(14)13-5-4-7(11)8(12)6-13/h2*7-8H,4-6,12H2,1-3H3/t2*7-,8+/m10/s1. The van der Waals surface area contributed by atoms with E-state index < -0.39 is 47.8 Å². The number of piperidine rings is 2. The summed E-state index contributed by atoms with van der Waals surface area (Å²) in [5, 5.41) is 0. The van der Waals surface area contributed by atoms with Crippen molar-refractivity contribution in [3.8, 4) is 0 Å². The van der Waals surface area contributed by atoms with Crippen LogP contribution in [-0.2, 0) is 9.47 Å². The number of likely N-dealkylation sites (tertiary alicyclic amines) is 2. The molecule has 2 amide bonds. The second-order valence-electron chi connectivity index (χ2n) is 9.79. The van der Waals surface area contributed by atoms with Crippen LogP contribution in [0.3, 0.4) is 0 Å². The van der Waals surface area contributed by atoms with Crippen molar-refractivity contribution in [3.63, 3.8) is 0 Å². The summed E-state index contributed by atoms with van der Waals surface area (Å²) in [6, 6.07) is -1.18. The Balaban J connectivity index is 0.000000300. The van der Waals surface area contributed by atoms with Gasteiger partial charge in [-0.3, -0.25) is 0 Å². The van der Waals surface area contributed by atoms with Crippen LogP contribution in [0.1, 0.15) is 54.4 Å².